The Bertz CT molecular complexity index is 1390. The molecule has 0 saturated heterocycles. The number of carbonyl (C=O) groups excluding carboxylic acids is 2. The minimum absolute atomic E-state index is 0.0314. The number of amides is 1. The molecule has 1 aliphatic rings. The summed E-state index contributed by atoms with van der Waals surface area (Å²) in [4.78, 5) is 32.0. The lowest BCUT2D eigenvalue weighted by atomic mass is 9.99. The minimum Gasteiger partial charge on any atom is -0.503 e. The number of halogens is 1. The van der Waals surface area contributed by atoms with Crippen molar-refractivity contribution in [1.29, 1.82) is 0 Å². The summed E-state index contributed by atoms with van der Waals surface area (Å²) in [6.07, 6.45) is 3.26. The molecule has 0 bridgehead atoms. The number of aromatic nitrogens is 1. The molecule has 0 fully saturated rings. The molecule has 0 radical (unpaired) electrons. The second-order valence-corrected chi connectivity index (χ2v) is 8.45. The maximum absolute atomic E-state index is 13.5. The van der Waals surface area contributed by atoms with Gasteiger partial charge in [-0.15, -0.1) is 0 Å². The van der Waals surface area contributed by atoms with Gasteiger partial charge in [-0.25, -0.2) is 0 Å². The van der Waals surface area contributed by atoms with Crippen LogP contribution < -0.4 is 0 Å². The van der Waals surface area contributed by atoms with Crippen LogP contribution >= 0.6 is 15.9 Å². The van der Waals surface area contributed by atoms with Crippen molar-refractivity contribution in [3.05, 3.63) is 99.6 Å². The molecule has 5 rings (SSSR count). The van der Waals surface area contributed by atoms with E-state index in [4.69, 9.17) is 8.83 Å². The van der Waals surface area contributed by atoms with Gasteiger partial charge >= 0.3 is 0 Å². The monoisotopic (exact) mass is 492 g/mol. The Labute approximate surface area is 191 Å². The first-order chi connectivity index (χ1) is 15.4. The Hall–Kier alpha value is -3.65. The van der Waals surface area contributed by atoms with Crippen LogP contribution in [0.1, 0.15) is 33.7 Å². The van der Waals surface area contributed by atoms with Crippen molar-refractivity contribution >= 4 is 38.6 Å². The maximum Gasteiger partial charge on any atom is 0.290 e. The third-order valence-corrected chi connectivity index (χ3v) is 5.85. The average Bonchev–Trinajstić information content (AvgIpc) is 3.46. The molecule has 0 saturated carbocycles. The summed E-state index contributed by atoms with van der Waals surface area (Å²) >= 11 is 3.40. The Morgan fingerprint density at radius 1 is 1.19 bits per heavy atom. The molecule has 0 aliphatic carbocycles. The number of fused-ring (bicyclic) bond motifs is 1. The van der Waals surface area contributed by atoms with E-state index in [9.17, 15) is 14.7 Å². The Kier molecular flexibility index (Phi) is 4.94. The number of aliphatic hydroxyl groups excluding tert-OH is 1. The zero-order chi connectivity index (χ0) is 22.4. The number of Topliss-reactive ketones (excluding diaryl/α,β-unsaturated/α-hetero) is 1. The van der Waals surface area contributed by atoms with Crippen molar-refractivity contribution in [3.8, 4) is 0 Å². The summed E-state index contributed by atoms with van der Waals surface area (Å²) in [5, 5.41) is 11.5. The summed E-state index contributed by atoms with van der Waals surface area (Å²) in [6, 6.07) is 13.1. The van der Waals surface area contributed by atoms with Crippen LogP contribution in [0.4, 0.5) is 0 Å². The van der Waals surface area contributed by atoms with Gasteiger partial charge in [0.2, 0.25) is 5.78 Å². The summed E-state index contributed by atoms with van der Waals surface area (Å²) in [7, 11) is 0. The van der Waals surface area contributed by atoms with E-state index in [0.717, 1.165) is 15.4 Å². The van der Waals surface area contributed by atoms with Crippen molar-refractivity contribution in [3.63, 3.8) is 0 Å². The van der Waals surface area contributed by atoms with Gasteiger partial charge in [0.05, 0.1) is 5.57 Å². The molecular formula is C24H17BrN2O5. The van der Waals surface area contributed by atoms with Crippen LogP contribution in [0.5, 0.6) is 0 Å². The van der Waals surface area contributed by atoms with Gasteiger partial charge in [0.1, 0.15) is 23.1 Å². The third kappa shape index (κ3) is 3.42. The number of rotatable bonds is 5. The number of aryl methyl sites for hydroxylation is 1. The number of nitrogens with zero attached hydrogens (tertiary/aromatic N) is 2. The van der Waals surface area contributed by atoms with Gasteiger partial charge in [-0.05, 0) is 55.0 Å². The summed E-state index contributed by atoms with van der Waals surface area (Å²) in [6.45, 7) is 1.92. The number of ketones is 1. The van der Waals surface area contributed by atoms with Crippen LogP contribution in [0.25, 0.3) is 11.0 Å². The summed E-state index contributed by atoms with van der Waals surface area (Å²) in [5.41, 5.74) is 1.20. The molecule has 1 aliphatic heterocycles. The fourth-order valence-electron chi connectivity index (χ4n) is 3.89. The maximum atomic E-state index is 13.5. The van der Waals surface area contributed by atoms with E-state index in [1.807, 2.05) is 12.1 Å². The molecule has 7 nitrogen and oxygen atoms in total. The van der Waals surface area contributed by atoms with E-state index >= 15 is 0 Å². The Morgan fingerprint density at radius 3 is 2.75 bits per heavy atom. The molecule has 0 spiro atoms. The standard InChI is InChI=1S/C24H17BrN2O5/c1-13-4-6-18(31-13)21-20(22(28)19-10-15-9-16(25)5-7-17(15)32-19)23(29)24(30)27(21)12-14-3-2-8-26-11-14/h2-11,21,29H,12H2,1H3. The zero-order valence-corrected chi connectivity index (χ0v) is 18.5. The highest BCUT2D eigenvalue weighted by Crippen LogP contribution is 2.41. The van der Waals surface area contributed by atoms with Gasteiger partial charge in [0.25, 0.3) is 5.91 Å². The van der Waals surface area contributed by atoms with Gasteiger partial charge < -0.3 is 18.8 Å². The van der Waals surface area contributed by atoms with Gasteiger partial charge in [0, 0.05) is 28.8 Å². The number of benzene rings is 1. The number of hydrogen-bond acceptors (Lipinski definition) is 6. The summed E-state index contributed by atoms with van der Waals surface area (Å²) in [5.74, 6) is -0.805. The molecular weight excluding hydrogens is 476 g/mol. The number of carbonyl (C=O) groups is 2. The number of furan rings is 2. The van der Waals surface area contributed by atoms with Crippen LogP contribution in [0.2, 0.25) is 0 Å². The number of aliphatic hydroxyl groups is 1. The van der Waals surface area contributed by atoms with Crippen LogP contribution in [-0.4, -0.2) is 26.7 Å². The lowest BCUT2D eigenvalue weighted by Gasteiger charge is -2.24. The van der Waals surface area contributed by atoms with Crippen LogP contribution in [0, 0.1) is 6.92 Å². The molecule has 4 aromatic rings. The molecule has 1 atom stereocenters. The number of hydrogen-bond donors (Lipinski definition) is 1. The summed E-state index contributed by atoms with van der Waals surface area (Å²) < 4.78 is 12.4. The fourth-order valence-corrected chi connectivity index (χ4v) is 4.27. The molecule has 160 valence electrons. The topological polar surface area (TPSA) is 96.8 Å². The van der Waals surface area contributed by atoms with E-state index < -0.39 is 23.5 Å². The Balaban J connectivity index is 1.59. The van der Waals surface area contributed by atoms with Crippen LogP contribution in [0.15, 0.2) is 85.6 Å². The minimum atomic E-state index is -0.899. The van der Waals surface area contributed by atoms with Gasteiger partial charge in [0.15, 0.2) is 11.5 Å². The SMILES string of the molecule is Cc1ccc(C2C(C(=O)c3cc4cc(Br)ccc4o3)=C(O)C(=O)N2Cc2cccnc2)o1. The molecule has 32 heavy (non-hydrogen) atoms. The average molecular weight is 493 g/mol. The molecule has 1 N–H and O–H groups in total. The largest absolute Gasteiger partial charge is 0.503 e. The molecule has 3 aromatic heterocycles. The quantitative estimate of drug-likeness (QED) is 0.381. The predicted molar refractivity (Wildman–Crippen MR) is 119 cm³/mol. The molecule has 1 amide bonds. The zero-order valence-electron chi connectivity index (χ0n) is 16.9. The first-order valence-electron chi connectivity index (χ1n) is 9.85. The van der Waals surface area contributed by atoms with E-state index in [0.29, 0.717) is 17.1 Å². The highest BCUT2D eigenvalue weighted by atomic mass is 79.9. The van der Waals surface area contributed by atoms with E-state index in [-0.39, 0.29) is 17.9 Å². The number of pyridine rings is 1. The third-order valence-electron chi connectivity index (χ3n) is 5.36. The predicted octanol–water partition coefficient (Wildman–Crippen LogP) is 5.27. The Morgan fingerprint density at radius 2 is 2.03 bits per heavy atom. The van der Waals surface area contributed by atoms with Crippen molar-refractivity contribution in [1.82, 2.24) is 9.88 Å². The van der Waals surface area contributed by atoms with Gasteiger partial charge in [-0.1, -0.05) is 22.0 Å². The lowest BCUT2D eigenvalue weighted by molar-refractivity contribution is -0.130. The highest BCUT2D eigenvalue weighted by Gasteiger charge is 2.46. The van der Waals surface area contributed by atoms with Crippen LogP contribution in [-0.2, 0) is 11.3 Å². The van der Waals surface area contributed by atoms with Crippen molar-refractivity contribution in [2.24, 2.45) is 0 Å². The molecule has 8 heteroatoms. The van der Waals surface area contributed by atoms with E-state index in [1.54, 1.807) is 55.7 Å². The fraction of sp³-hybridized carbons (Fsp3) is 0.125. The second-order valence-electron chi connectivity index (χ2n) is 7.53. The smallest absolute Gasteiger partial charge is 0.290 e. The van der Waals surface area contributed by atoms with Gasteiger partial charge in [-0.2, -0.15) is 0 Å². The second kappa shape index (κ2) is 7.80. The van der Waals surface area contributed by atoms with E-state index in [1.165, 1.54) is 4.90 Å². The van der Waals surface area contributed by atoms with Crippen LogP contribution in [0.3, 0.4) is 0 Å². The molecule has 4 heterocycles. The first-order valence-corrected chi connectivity index (χ1v) is 10.6. The molecule has 1 aromatic carbocycles. The van der Waals surface area contributed by atoms with Crippen molar-refractivity contribution < 1.29 is 23.5 Å². The van der Waals surface area contributed by atoms with Gasteiger partial charge in [-0.3, -0.25) is 14.6 Å². The van der Waals surface area contributed by atoms with E-state index in [2.05, 4.69) is 20.9 Å². The van der Waals surface area contributed by atoms with Crippen molar-refractivity contribution in [2.75, 3.05) is 0 Å². The van der Waals surface area contributed by atoms with Crippen molar-refractivity contribution in [2.45, 2.75) is 19.5 Å². The molecule has 1 unspecified atom stereocenters. The lowest BCUT2D eigenvalue weighted by Crippen LogP contribution is -2.30. The first kappa shape index (κ1) is 20.3. The normalized spacial score (nSPS) is 16.4. The highest BCUT2D eigenvalue weighted by molar-refractivity contribution is 9.10.